The van der Waals surface area contributed by atoms with Crippen molar-refractivity contribution in [1.29, 1.82) is 0 Å². The first-order valence-corrected chi connectivity index (χ1v) is 21.2. The lowest BCUT2D eigenvalue weighted by Crippen LogP contribution is -2.55. The van der Waals surface area contributed by atoms with Crippen molar-refractivity contribution in [3.63, 3.8) is 0 Å². The van der Waals surface area contributed by atoms with E-state index in [1.54, 1.807) is 36.4 Å². The number of fused-ring (bicyclic) bond motifs is 3. The van der Waals surface area contributed by atoms with Crippen LogP contribution in [0.4, 0.5) is 21.0 Å². The van der Waals surface area contributed by atoms with Crippen LogP contribution in [0.25, 0.3) is 0 Å². The minimum Gasteiger partial charge on any atom is -0.491 e. The summed E-state index contributed by atoms with van der Waals surface area (Å²) in [5.74, 6) is 2.05. The Hall–Kier alpha value is -8.33. The second-order valence-corrected chi connectivity index (χ2v) is 15.8. The predicted molar refractivity (Wildman–Crippen MR) is 242 cm³/mol. The number of hydrogen-bond donors (Lipinski definition) is 4. The number of esters is 1. The lowest BCUT2D eigenvalue weighted by atomic mass is 9.65. The van der Waals surface area contributed by atoms with Crippen molar-refractivity contribution >= 4 is 41.3 Å². The number of urea groups is 1. The van der Waals surface area contributed by atoms with Crippen molar-refractivity contribution in [2.45, 2.75) is 36.3 Å². The molecule has 8 rings (SSSR count). The smallest absolute Gasteiger partial charge is 0.421 e. The van der Waals surface area contributed by atoms with Crippen LogP contribution in [0.3, 0.4) is 0 Å². The Kier molecular flexibility index (Phi) is 13.1. The molecule has 1 spiro atoms. The molecule has 0 saturated carbocycles. The van der Waals surface area contributed by atoms with E-state index in [2.05, 4.69) is 29.1 Å². The molecular formula is C50H44N6O11. The molecule has 3 aliphatic rings. The zero-order valence-corrected chi connectivity index (χ0v) is 35.8. The minimum absolute atomic E-state index is 0.0304. The number of amides is 5. The molecule has 2 saturated heterocycles. The molecule has 0 radical (unpaired) electrons. The van der Waals surface area contributed by atoms with Gasteiger partial charge in [-0.05, 0) is 70.3 Å². The van der Waals surface area contributed by atoms with E-state index in [0.29, 0.717) is 33.6 Å². The van der Waals surface area contributed by atoms with E-state index >= 15 is 14.4 Å². The van der Waals surface area contributed by atoms with Gasteiger partial charge in [0.1, 0.15) is 36.5 Å². The van der Waals surface area contributed by atoms with E-state index in [-0.39, 0.29) is 43.2 Å². The van der Waals surface area contributed by atoms with E-state index in [0.717, 1.165) is 4.90 Å². The molecule has 5 aromatic rings. The van der Waals surface area contributed by atoms with E-state index in [9.17, 15) is 24.8 Å². The number of nitrogens with zero attached hydrogens (tertiary/aromatic N) is 3. The number of aliphatic hydroxyl groups excluding tert-OH is 1. The zero-order valence-electron chi connectivity index (χ0n) is 35.8. The van der Waals surface area contributed by atoms with Crippen molar-refractivity contribution in [2.75, 3.05) is 31.2 Å². The number of benzene rings is 5. The molecule has 0 aromatic heterocycles. The van der Waals surface area contributed by atoms with Crippen LogP contribution in [0.1, 0.15) is 51.6 Å². The summed E-state index contributed by atoms with van der Waals surface area (Å²) >= 11 is 0. The van der Waals surface area contributed by atoms with Gasteiger partial charge in [0, 0.05) is 24.2 Å². The number of nitrogens with two attached hydrogens (primary N) is 1. The number of nitro benzene ring substituents is 1. The van der Waals surface area contributed by atoms with Gasteiger partial charge >= 0.3 is 18.1 Å². The number of cyclic esters (lactones) is 1. The number of hydrogen-bond acceptors (Lipinski definition) is 12. The third-order valence-electron chi connectivity index (χ3n) is 12.0. The molecule has 3 aliphatic heterocycles. The molecule has 2 fully saturated rings. The summed E-state index contributed by atoms with van der Waals surface area (Å²) < 4.78 is 18.2. The third kappa shape index (κ3) is 8.54. The third-order valence-corrected chi connectivity index (χ3v) is 12.0. The molecule has 17 nitrogen and oxygen atoms in total. The van der Waals surface area contributed by atoms with E-state index in [1.807, 2.05) is 65.6 Å². The summed E-state index contributed by atoms with van der Waals surface area (Å²) in [6.07, 6.45) is -0.664. The maximum absolute atomic E-state index is 16.3. The monoisotopic (exact) mass is 904 g/mol. The summed E-state index contributed by atoms with van der Waals surface area (Å²) in [6, 6.07) is 30.7. The Bertz CT molecular complexity index is 2800. The SMILES string of the molecule is C=CCNC(=O)[C@@H]1[C@H]2C(=O)O[C@H](c3ccccc3)[C@H](c3ccccc3)N2[C@H](c2cccc(OCCO)c2)[C@@]12C(=O)N(C(=O)OCc1ccc([N+](=O)[O-])cc1)c1ccc(C#CCNC(N)=O)cc12. The molecule has 3 heterocycles. The fourth-order valence-electron chi connectivity index (χ4n) is 9.39. The van der Waals surface area contributed by atoms with Gasteiger partial charge in [0.25, 0.3) is 5.69 Å². The lowest BCUT2D eigenvalue weighted by Gasteiger charge is -2.46. The highest BCUT2D eigenvalue weighted by Gasteiger charge is 2.75. The largest absolute Gasteiger partial charge is 0.491 e. The van der Waals surface area contributed by atoms with Crippen LogP contribution in [0, 0.1) is 27.9 Å². The number of imide groups is 1. The van der Waals surface area contributed by atoms with Crippen LogP contribution < -0.4 is 26.0 Å². The molecule has 67 heavy (non-hydrogen) atoms. The number of primary amides is 1. The fraction of sp³-hybridized carbons (Fsp3) is 0.220. The van der Waals surface area contributed by atoms with Gasteiger partial charge in [0.15, 0.2) is 0 Å². The average molecular weight is 905 g/mol. The number of carbonyl (C=O) groups excluding carboxylic acids is 5. The first kappa shape index (κ1) is 45.2. The van der Waals surface area contributed by atoms with E-state index in [1.165, 1.54) is 36.4 Å². The van der Waals surface area contributed by atoms with E-state index in [4.69, 9.17) is 19.9 Å². The number of nitrogens with one attached hydrogen (secondary N) is 2. The molecule has 5 N–H and O–H groups in total. The quantitative estimate of drug-likeness (QED) is 0.0388. The lowest BCUT2D eigenvalue weighted by molar-refractivity contribution is -0.384. The first-order chi connectivity index (χ1) is 32.5. The zero-order chi connectivity index (χ0) is 47.2. The van der Waals surface area contributed by atoms with Crippen LogP contribution in [0.15, 0.2) is 140 Å². The summed E-state index contributed by atoms with van der Waals surface area (Å²) in [6.45, 7) is 2.81. The topological polar surface area (TPSA) is 233 Å². The summed E-state index contributed by atoms with van der Waals surface area (Å²) in [5, 5.41) is 26.3. The van der Waals surface area contributed by atoms with Gasteiger partial charge in [-0.3, -0.25) is 29.4 Å². The fourth-order valence-corrected chi connectivity index (χ4v) is 9.39. The van der Waals surface area contributed by atoms with Crippen LogP contribution in [-0.4, -0.2) is 77.2 Å². The summed E-state index contributed by atoms with van der Waals surface area (Å²) in [5.41, 5.74) is 5.54. The van der Waals surface area contributed by atoms with Gasteiger partial charge in [0.2, 0.25) is 11.8 Å². The highest BCUT2D eigenvalue weighted by molar-refractivity contribution is 6.23. The van der Waals surface area contributed by atoms with E-state index < -0.39 is 77.0 Å². The molecule has 0 unspecified atom stereocenters. The number of morpholine rings is 1. The second kappa shape index (κ2) is 19.4. The standard InChI is InChI=1S/C50H44N6O11/c1-2-24-52-45(58)40-42-46(59)67-43(34-14-7-4-8-15-34)41(33-12-5-3-6-13-33)55(42)44(35-16-9-17-37(29-35)65-27-26-57)50(40)38-28-31(11-10-25-53-48(51)61)20-23-39(38)54(47(50)60)49(62)66-30-32-18-21-36(22-19-32)56(63)64/h2-9,12-23,28-29,40-44,57H,1,24-27,30H2,(H,52,58)(H3,51,53,61)/t40-,41-,42-,43+,44+,50-/m0/s1. The van der Waals surface area contributed by atoms with Gasteiger partial charge in [-0.2, -0.15) is 0 Å². The van der Waals surface area contributed by atoms with Gasteiger partial charge < -0.3 is 35.7 Å². The van der Waals surface area contributed by atoms with Crippen molar-refractivity contribution in [1.82, 2.24) is 15.5 Å². The molecular weight excluding hydrogens is 861 g/mol. The van der Waals surface area contributed by atoms with Crippen LogP contribution >= 0.6 is 0 Å². The molecule has 340 valence electrons. The molecule has 6 atom stereocenters. The van der Waals surface area contributed by atoms with Gasteiger partial charge in [-0.25, -0.2) is 14.5 Å². The Morgan fingerprint density at radius 1 is 0.896 bits per heavy atom. The van der Waals surface area contributed by atoms with Gasteiger partial charge in [-0.15, -0.1) is 6.58 Å². The number of carbonyl (C=O) groups is 5. The first-order valence-electron chi connectivity index (χ1n) is 21.2. The Morgan fingerprint density at radius 2 is 1.60 bits per heavy atom. The van der Waals surface area contributed by atoms with Gasteiger partial charge in [0.05, 0.1) is 41.8 Å². The number of nitro groups is 1. The number of ether oxygens (including phenoxy) is 3. The molecule has 0 bridgehead atoms. The maximum atomic E-state index is 16.3. The molecule has 0 aliphatic carbocycles. The maximum Gasteiger partial charge on any atom is 0.421 e. The second-order valence-electron chi connectivity index (χ2n) is 15.8. The highest BCUT2D eigenvalue weighted by atomic mass is 16.6. The van der Waals surface area contributed by atoms with Crippen molar-refractivity contribution < 1.29 is 48.2 Å². The molecule has 5 aromatic carbocycles. The number of rotatable bonds is 13. The number of anilines is 1. The summed E-state index contributed by atoms with van der Waals surface area (Å²) in [4.78, 5) is 86.3. The predicted octanol–water partition coefficient (Wildman–Crippen LogP) is 5.29. The summed E-state index contributed by atoms with van der Waals surface area (Å²) in [7, 11) is 0. The Morgan fingerprint density at radius 3 is 2.27 bits per heavy atom. The normalized spacial score (nSPS) is 21.5. The molecule has 5 amide bonds. The average Bonchev–Trinajstić information content (AvgIpc) is 3.80. The Balaban J connectivity index is 1.41. The Labute approximate surface area is 384 Å². The van der Waals surface area contributed by atoms with Crippen molar-refractivity contribution in [3.8, 4) is 17.6 Å². The van der Waals surface area contributed by atoms with Crippen molar-refractivity contribution in [3.05, 3.63) is 184 Å². The number of aliphatic hydroxyl groups is 1. The molecule has 17 heteroatoms. The van der Waals surface area contributed by atoms with Crippen LogP contribution in [0.5, 0.6) is 5.75 Å². The minimum atomic E-state index is -2.16. The van der Waals surface area contributed by atoms with Crippen LogP contribution in [0.2, 0.25) is 0 Å². The highest BCUT2D eigenvalue weighted by Crippen LogP contribution is 2.66. The van der Waals surface area contributed by atoms with Gasteiger partial charge in [-0.1, -0.05) is 90.7 Å². The van der Waals surface area contributed by atoms with Crippen LogP contribution in [-0.2, 0) is 35.9 Å². The number of non-ortho nitro benzene ring substituents is 1. The van der Waals surface area contributed by atoms with Crippen molar-refractivity contribution in [2.24, 2.45) is 11.7 Å².